The highest BCUT2D eigenvalue weighted by Gasteiger charge is 2.35. The normalized spacial score (nSPS) is 12.9. The predicted molar refractivity (Wildman–Crippen MR) is 148 cm³/mol. The summed E-state index contributed by atoms with van der Waals surface area (Å²) in [6.07, 6.45) is 0. The Morgan fingerprint density at radius 1 is 0.606 bits per heavy atom. The summed E-state index contributed by atoms with van der Waals surface area (Å²) in [5.74, 6) is 0.955. The fourth-order valence-corrected chi connectivity index (χ4v) is 12.6. The summed E-state index contributed by atoms with van der Waals surface area (Å²) in [7, 11) is -1.47. The van der Waals surface area contributed by atoms with Gasteiger partial charge in [0.25, 0.3) is 0 Å². The maximum Gasteiger partial charge on any atom is 0.221 e. The van der Waals surface area contributed by atoms with Crippen LogP contribution in [0.5, 0.6) is 0 Å². The van der Waals surface area contributed by atoms with Gasteiger partial charge in [0, 0.05) is 10.8 Å². The molecule has 0 aliphatic carbocycles. The van der Waals surface area contributed by atoms with Crippen LogP contribution in [-0.2, 0) is 5.90 Å². The summed E-state index contributed by atoms with van der Waals surface area (Å²) in [5, 5.41) is 7.60. The standard InChI is InChI=1S/C29H32O2P2/c1-28(2,3)32(29(4,5)6)19-33-30-24-17-15-20-11-7-9-13-22(20)26(24)27-23-14-10-8-12-21(23)16-18-25(27)31-33/h7-18H,19H2,1-6H3. The number of hydrogen-bond acceptors (Lipinski definition) is 2. The lowest BCUT2D eigenvalue weighted by molar-refractivity contribution is 0.638. The summed E-state index contributed by atoms with van der Waals surface area (Å²) in [4.78, 5) is 0. The molecule has 4 heteroatoms. The molecule has 4 aromatic carbocycles. The molecule has 0 aliphatic rings. The number of rotatable bonds is 2. The quantitative estimate of drug-likeness (QED) is 0.238. The lowest BCUT2D eigenvalue weighted by atomic mass is 9.99. The minimum absolute atomic E-state index is 0.216. The Hall–Kier alpha value is -2.27. The van der Waals surface area contributed by atoms with Gasteiger partial charge in [0.15, 0.2) is 0 Å². The first-order valence-corrected chi connectivity index (χ1v) is 14.5. The van der Waals surface area contributed by atoms with Crippen LogP contribution in [0, 0.1) is 0 Å². The van der Waals surface area contributed by atoms with E-state index in [-0.39, 0.29) is 18.2 Å². The van der Waals surface area contributed by atoms with E-state index in [1.54, 1.807) is 0 Å². The van der Waals surface area contributed by atoms with Gasteiger partial charge in [-0.05, 0) is 44.0 Å². The third-order valence-electron chi connectivity index (χ3n) is 6.31. The van der Waals surface area contributed by atoms with Crippen LogP contribution in [0.15, 0.2) is 81.2 Å². The number of fused-ring (bicyclic) bond motifs is 7. The summed E-state index contributed by atoms with van der Waals surface area (Å²) < 4.78 is 13.6. The average molecular weight is 475 g/mol. The third-order valence-corrected chi connectivity index (χ3v) is 12.4. The molecular weight excluding hydrogens is 442 g/mol. The van der Waals surface area contributed by atoms with E-state index in [9.17, 15) is 0 Å². The molecule has 0 fully saturated rings. The van der Waals surface area contributed by atoms with Crippen molar-refractivity contribution in [3.05, 3.63) is 72.8 Å². The highest BCUT2D eigenvalue weighted by Crippen LogP contribution is 2.65. The minimum atomic E-state index is -1.12. The van der Waals surface area contributed by atoms with Crippen LogP contribution in [0.25, 0.3) is 43.5 Å². The van der Waals surface area contributed by atoms with Crippen molar-refractivity contribution in [1.82, 2.24) is 0 Å². The molecule has 0 saturated carbocycles. The van der Waals surface area contributed by atoms with E-state index in [1.165, 1.54) is 21.5 Å². The molecule has 0 amide bonds. The van der Waals surface area contributed by atoms with Crippen LogP contribution in [0.4, 0.5) is 0 Å². The molecule has 5 aromatic rings. The molecule has 0 spiro atoms. The molecule has 5 rings (SSSR count). The fraction of sp³-hybridized carbons (Fsp3) is 0.310. The molecular formula is C29H32O2P2. The smallest absolute Gasteiger partial charge is 0.221 e. The fourth-order valence-electron chi connectivity index (χ4n) is 5.01. The third kappa shape index (κ3) is 4.21. The van der Waals surface area contributed by atoms with Gasteiger partial charge in [0.2, 0.25) is 8.01 Å². The lowest BCUT2D eigenvalue weighted by Gasteiger charge is -2.40. The van der Waals surface area contributed by atoms with Crippen LogP contribution in [-0.4, -0.2) is 10.3 Å². The van der Waals surface area contributed by atoms with Crippen molar-refractivity contribution in [2.24, 2.45) is 0 Å². The second kappa shape index (κ2) is 8.19. The Morgan fingerprint density at radius 2 is 1.03 bits per heavy atom. The van der Waals surface area contributed by atoms with E-state index in [1.807, 2.05) is 0 Å². The first kappa shape index (κ1) is 22.5. The van der Waals surface area contributed by atoms with Crippen LogP contribution in [0.1, 0.15) is 41.5 Å². The maximum absolute atomic E-state index is 6.78. The second-order valence-corrected chi connectivity index (χ2v) is 16.4. The molecule has 2 nitrogen and oxygen atoms in total. The van der Waals surface area contributed by atoms with Crippen molar-refractivity contribution >= 4 is 59.4 Å². The van der Waals surface area contributed by atoms with Crippen molar-refractivity contribution in [3.8, 4) is 0 Å². The van der Waals surface area contributed by atoms with Gasteiger partial charge >= 0.3 is 0 Å². The van der Waals surface area contributed by atoms with Crippen molar-refractivity contribution in [3.63, 3.8) is 0 Å². The van der Waals surface area contributed by atoms with E-state index < -0.39 is 8.01 Å². The van der Waals surface area contributed by atoms with Gasteiger partial charge in [0.1, 0.15) is 11.2 Å². The topological polar surface area (TPSA) is 26.3 Å². The van der Waals surface area contributed by atoms with Crippen LogP contribution in [0.3, 0.4) is 0 Å². The Morgan fingerprint density at radius 3 is 1.45 bits per heavy atom. The molecule has 0 radical (unpaired) electrons. The van der Waals surface area contributed by atoms with E-state index in [2.05, 4.69) is 114 Å². The van der Waals surface area contributed by atoms with Gasteiger partial charge < -0.3 is 8.39 Å². The molecule has 0 atom stereocenters. The summed E-state index contributed by atoms with van der Waals surface area (Å²) in [6.45, 7) is 14.2. The second-order valence-electron chi connectivity index (χ2n) is 10.7. The van der Waals surface area contributed by atoms with Crippen LogP contribution in [0.2, 0.25) is 0 Å². The Bertz CT molecular complexity index is 1410. The average Bonchev–Trinajstić information content (AvgIpc) is 2.92. The Labute approximate surface area is 198 Å². The molecule has 33 heavy (non-hydrogen) atoms. The summed E-state index contributed by atoms with van der Waals surface area (Å²) in [5.41, 5.74) is 1.88. The molecule has 1 heterocycles. The van der Waals surface area contributed by atoms with Gasteiger partial charge in [-0.1, -0.05) is 110 Å². The molecule has 0 bridgehead atoms. The minimum Gasteiger partial charge on any atom is -0.419 e. The van der Waals surface area contributed by atoms with Crippen molar-refractivity contribution in [2.45, 2.75) is 57.8 Å². The van der Waals surface area contributed by atoms with Gasteiger partial charge in [-0.3, -0.25) is 0 Å². The largest absolute Gasteiger partial charge is 0.419 e. The molecule has 0 aliphatic heterocycles. The molecule has 0 saturated heterocycles. The van der Waals surface area contributed by atoms with E-state index in [0.717, 1.165) is 27.8 Å². The monoisotopic (exact) mass is 474 g/mol. The predicted octanol–water partition coefficient (Wildman–Crippen LogP) is 10.6. The molecule has 1 aromatic heterocycles. The van der Waals surface area contributed by atoms with Crippen molar-refractivity contribution < 1.29 is 8.39 Å². The van der Waals surface area contributed by atoms with E-state index in [4.69, 9.17) is 8.39 Å². The molecule has 0 unspecified atom stereocenters. The zero-order valence-corrected chi connectivity index (χ0v) is 22.1. The zero-order valence-electron chi connectivity index (χ0n) is 20.3. The molecule has 170 valence electrons. The highest BCUT2D eigenvalue weighted by atomic mass is 31.2. The van der Waals surface area contributed by atoms with Crippen LogP contribution < -0.4 is 0 Å². The summed E-state index contributed by atoms with van der Waals surface area (Å²) in [6, 6.07) is 25.8. The van der Waals surface area contributed by atoms with Gasteiger partial charge in [-0.2, -0.15) is 0 Å². The lowest BCUT2D eigenvalue weighted by Crippen LogP contribution is -2.24. The van der Waals surface area contributed by atoms with Crippen LogP contribution >= 0.6 is 15.9 Å². The van der Waals surface area contributed by atoms with Gasteiger partial charge in [-0.25, -0.2) is 0 Å². The van der Waals surface area contributed by atoms with Crippen molar-refractivity contribution in [1.29, 1.82) is 0 Å². The highest BCUT2D eigenvalue weighted by molar-refractivity contribution is 7.68. The van der Waals surface area contributed by atoms with E-state index in [0.29, 0.717) is 0 Å². The SMILES string of the molecule is CC(C)(C)P(Cp1oc2ccc3ccccc3c2c2c(ccc3ccccc32)o1)C(C)(C)C. The zero-order chi connectivity index (χ0) is 23.4. The van der Waals surface area contributed by atoms with E-state index >= 15 is 0 Å². The summed E-state index contributed by atoms with van der Waals surface area (Å²) >= 11 is 0. The first-order valence-electron chi connectivity index (χ1n) is 11.6. The first-order chi connectivity index (χ1) is 15.6. The number of hydrogen-bond donors (Lipinski definition) is 0. The van der Waals surface area contributed by atoms with Gasteiger partial charge in [-0.15, -0.1) is 0 Å². The maximum atomic E-state index is 6.78. The Kier molecular flexibility index (Phi) is 5.59. The Balaban J connectivity index is 1.92. The van der Waals surface area contributed by atoms with Crippen molar-refractivity contribution in [2.75, 3.05) is 0 Å². The van der Waals surface area contributed by atoms with Gasteiger partial charge in [0.05, 0.1) is 5.90 Å². The number of benzene rings is 4. The molecule has 0 N–H and O–H groups in total.